The fourth-order valence-electron chi connectivity index (χ4n) is 11.3. The summed E-state index contributed by atoms with van der Waals surface area (Å²) in [7, 11) is 0. The first-order valence-corrected chi connectivity index (χ1v) is 13.8. The van der Waals surface area contributed by atoms with Gasteiger partial charge in [-0.25, -0.2) is 0 Å². The summed E-state index contributed by atoms with van der Waals surface area (Å²) in [6, 6.07) is 0. The van der Waals surface area contributed by atoms with Crippen LogP contribution in [0.1, 0.15) is 113 Å². The number of hydrogen-bond donors (Lipinski definition) is 2. The average Bonchev–Trinajstić information content (AvgIpc) is 3.13. The molecule has 0 aromatic heterocycles. The van der Waals surface area contributed by atoms with E-state index < -0.39 is 11.4 Å². The number of allylic oxidation sites excluding steroid dienone is 2. The maximum Gasteiger partial charge on any atom is 0.310 e. The first kappa shape index (κ1) is 23.9. The van der Waals surface area contributed by atoms with Crippen LogP contribution in [0.5, 0.6) is 0 Å². The molecule has 0 aliphatic heterocycles. The smallest absolute Gasteiger partial charge is 0.310 e. The number of aliphatic hydroxyl groups is 1. The normalized spacial score (nSPS) is 52.8. The molecule has 9 unspecified atom stereocenters. The number of fused-ring (bicyclic) bond motifs is 7. The Morgan fingerprint density at radius 3 is 2.15 bits per heavy atom. The fraction of sp³-hybridized carbons (Fsp3) is 0.900. The minimum Gasteiger partial charge on any atom is -0.481 e. The van der Waals surface area contributed by atoms with E-state index >= 15 is 0 Å². The minimum atomic E-state index is -0.531. The molecule has 2 N–H and O–H groups in total. The van der Waals surface area contributed by atoms with Gasteiger partial charge in [-0.2, -0.15) is 0 Å². The van der Waals surface area contributed by atoms with Crippen LogP contribution in [-0.2, 0) is 4.79 Å². The lowest BCUT2D eigenvalue weighted by molar-refractivity contribution is -0.244. The van der Waals surface area contributed by atoms with Gasteiger partial charge in [-0.3, -0.25) is 4.79 Å². The Hall–Kier alpha value is -0.830. The first-order valence-electron chi connectivity index (χ1n) is 13.8. The number of aliphatic hydroxyl groups excluding tert-OH is 1. The van der Waals surface area contributed by atoms with Crippen molar-refractivity contribution < 1.29 is 15.0 Å². The third-order valence-corrected chi connectivity index (χ3v) is 13.3. The summed E-state index contributed by atoms with van der Waals surface area (Å²) in [6.07, 6.45) is 10.5. The van der Waals surface area contributed by atoms with Gasteiger partial charge in [0, 0.05) is 0 Å². The predicted molar refractivity (Wildman–Crippen MR) is 133 cm³/mol. The van der Waals surface area contributed by atoms with Gasteiger partial charge in [0.1, 0.15) is 0 Å². The summed E-state index contributed by atoms with van der Waals surface area (Å²) in [5, 5.41) is 21.4. The maximum atomic E-state index is 12.8. The van der Waals surface area contributed by atoms with E-state index in [1.807, 2.05) is 0 Å². The van der Waals surface area contributed by atoms with E-state index in [1.54, 1.807) is 0 Å². The second kappa shape index (κ2) is 7.11. The van der Waals surface area contributed by atoms with Crippen LogP contribution in [0.15, 0.2) is 11.1 Å². The van der Waals surface area contributed by atoms with Gasteiger partial charge in [0.05, 0.1) is 11.5 Å². The zero-order valence-electron chi connectivity index (χ0n) is 22.3. The second-order valence-electron chi connectivity index (χ2n) is 14.5. The highest BCUT2D eigenvalue weighted by Gasteiger charge is 2.71. The van der Waals surface area contributed by atoms with Crippen molar-refractivity contribution in [2.75, 3.05) is 0 Å². The molecule has 5 aliphatic carbocycles. The van der Waals surface area contributed by atoms with E-state index in [9.17, 15) is 15.0 Å². The molecule has 0 aromatic rings. The first-order chi connectivity index (χ1) is 15.3. The van der Waals surface area contributed by atoms with E-state index in [4.69, 9.17) is 0 Å². The van der Waals surface area contributed by atoms with E-state index in [0.29, 0.717) is 17.8 Å². The molecule has 0 spiro atoms. The molecule has 0 bridgehead atoms. The molecule has 3 heteroatoms. The number of carbonyl (C=O) groups is 1. The molecule has 0 saturated heterocycles. The zero-order chi connectivity index (χ0) is 24.2. The van der Waals surface area contributed by atoms with Crippen molar-refractivity contribution in [1.29, 1.82) is 0 Å². The Morgan fingerprint density at radius 2 is 1.52 bits per heavy atom. The van der Waals surface area contributed by atoms with Gasteiger partial charge in [0.25, 0.3) is 0 Å². The summed E-state index contributed by atoms with van der Waals surface area (Å²) in [5.41, 5.74) is 3.03. The van der Waals surface area contributed by atoms with Crippen LogP contribution >= 0.6 is 0 Å². The van der Waals surface area contributed by atoms with Gasteiger partial charge in [-0.1, -0.05) is 45.8 Å². The lowest BCUT2D eigenvalue weighted by Crippen LogP contribution is -2.66. The number of carboxylic acids is 1. The van der Waals surface area contributed by atoms with Crippen LogP contribution in [0, 0.1) is 50.7 Å². The van der Waals surface area contributed by atoms with Crippen molar-refractivity contribution in [3.8, 4) is 0 Å². The van der Waals surface area contributed by atoms with E-state index in [0.717, 1.165) is 38.5 Å². The largest absolute Gasteiger partial charge is 0.481 e. The number of aliphatic carboxylic acids is 1. The third-order valence-electron chi connectivity index (χ3n) is 13.3. The van der Waals surface area contributed by atoms with Crippen LogP contribution in [0.2, 0.25) is 0 Å². The summed E-state index contributed by atoms with van der Waals surface area (Å²) in [5.74, 6) is 1.43. The van der Waals surface area contributed by atoms with Gasteiger partial charge in [0.15, 0.2) is 0 Å². The van der Waals surface area contributed by atoms with Crippen LogP contribution < -0.4 is 0 Å². The quantitative estimate of drug-likeness (QED) is 0.409. The number of hydrogen-bond acceptors (Lipinski definition) is 2. The van der Waals surface area contributed by atoms with Crippen molar-refractivity contribution in [3.63, 3.8) is 0 Å². The highest BCUT2D eigenvalue weighted by Crippen LogP contribution is 2.77. The summed E-state index contributed by atoms with van der Waals surface area (Å²) < 4.78 is 0. The van der Waals surface area contributed by atoms with Crippen LogP contribution in [0.25, 0.3) is 0 Å². The van der Waals surface area contributed by atoms with Gasteiger partial charge < -0.3 is 10.2 Å². The zero-order valence-corrected chi connectivity index (χ0v) is 22.3. The topological polar surface area (TPSA) is 57.5 Å². The van der Waals surface area contributed by atoms with E-state index in [2.05, 4.69) is 48.5 Å². The molecule has 186 valence electrons. The Morgan fingerprint density at radius 1 is 0.818 bits per heavy atom. The van der Waals surface area contributed by atoms with Crippen LogP contribution in [-0.4, -0.2) is 22.3 Å². The highest BCUT2D eigenvalue weighted by atomic mass is 16.4. The molecule has 0 heterocycles. The summed E-state index contributed by atoms with van der Waals surface area (Å²) >= 11 is 0. The SMILES string of the molecule is CC(C)=C1CCC2(C(=O)O)CCC3(C)C(CCC4C5(C)CCC(O)C(C)(C)C5CCC43C)C12. The van der Waals surface area contributed by atoms with Crippen LogP contribution in [0.3, 0.4) is 0 Å². The molecule has 5 fully saturated rings. The molecule has 5 saturated carbocycles. The number of rotatable bonds is 1. The summed E-state index contributed by atoms with van der Waals surface area (Å²) in [4.78, 5) is 12.8. The Kier molecular flexibility index (Phi) is 5.15. The van der Waals surface area contributed by atoms with Crippen molar-refractivity contribution in [3.05, 3.63) is 11.1 Å². The molecular weight excluding hydrogens is 408 g/mol. The maximum absolute atomic E-state index is 12.8. The molecule has 5 rings (SSSR count). The molecule has 0 amide bonds. The second-order valence-corrected chi connectivity index (χ2v) is 14.5. The van der Waals surface area contributed by atoms with Crippen molar-refractivity contribution in [2.45, 2.75) is 119 Å². The van der Waals surface area contributed by atoms with Crippen molar-refractivity contribution >= 4 is 5.97 Å². The van der Waals surface area contributed by atoms with Crippen LogP contribution in [0.4, 0.5) is 0 Å². The fourth-order valence-corrected chi connectivity index (χ4v) is 11.3. The molecule has 0 radical (unpaired) electrons. The molecular formula is C30H48O3. The van der Waals surface area contributed by atoms with Gasteiger partial charge >= 0.3 is 5.97 Å². The average molecular weight is 457 g/mol. The van der Waals surface area contributed by atoms with E-state index in [-0.39, 0.29) is 33.7 Å². The minimum absolute atomic E-state index is 0.0161. The highest BCUT2D eigenvalue weighted by molar-refractivity contribution is 5.77. The van der Waals surface area contributed by atoms with Crippen molar-refractivity contribution in [2.24, 2.45) is 50.7 Å². The van der Waals surface area contributed by atoms with Gasteiger partial charge in [-0.15, -0.1) is 0 Å². The van der Waals surface area contributed by atoms with Gasteiger partial charge in [0.2, 0.25) is 0 Å². The molecule has 5 aliphatic rings. The van der Waals surface area contributed by atoms with E-state index in [1.165, 1.54) is 36.8 Å². The molecule has 33 heavy (non-hydrogen) atoms. The summed E-state index contributed by atoms with van der Waals surface area (Å²) in [6.45, 7) is 16.8. The van der Waals surface area contributed by atoms with Crippen molar-refractivity contribution in [1.82, 2.24) is 0 Å². The predicted octanol–water partition coefficient (Wildman–Crippen LogP) is 7.23. The lowest BCUT2D eigenvalue weighted by atomic mass is 9.32. The monoisotopic (exact) mass is 456 g/mol. The lowest BCUT2D eigenvalue weighted by Gasteiger charge is -2.72. The molecule has 0 aromatic carbocycles. The molecule has 3 nitrogen and oxygen atoms in total. The Balaban J connectivity index is 1.58. The third kappa shape index (κ3) is 2.75. The van der Waals surface area contributed by atoms with Gasteiger partial charge in [-0.05, 0) is 123 Å². The number of carboxylic acid groups (broad SMARTS) is 1. The Labute approximate surface area is 201 Å². The Bertz CT molecular complexity index is 883. The molecule has 9 atom stereocenters. The standard InChI is InChI=1S/C30H48O3/c1-18(2)19-10-15-30(25(32)33)17-16-28(6)20(24(19)30)8-9-22-27(5)13-12-23(31)26(3,4)21(27)11-14-29(22,28)7/h20-24,31H,8-17H2,1-7H3,(H,32,33).